The molecule has 0 spiro atoms. The molecule has 24 heavy (non-hydrogen) atoms. The first kappa shape index (κ1) is 16.6. The van der Waals surface area contributed by atoms with Crippen LogP contribution in [0.4, 0.5) is 0 Å². The summed E-state index contributed by atoms with van der Waals surface area (Å²) >= 11 is 0. The van der Waals surface area contributed by atoms with Gasteiger partial charge in [-0.15, -0.1) is 0 Å². The van der Waals surface area contributed by atoms with Gasteiger partial charge in [-0.3, -0.25) is 4.79 Å². The number of aryl methyl sites for hydroxylation is 1. The molecule has 0 aromatic carbocycles. The number of amides is 1. The summed E-state index contributed by atoms with van der Waals surface area (Å²) in [6.07, 6.45) is -0.582. The lowest BCUT2D eigenvalue weighted by Gasteiger charge is -2.34. The Balaban J connectivity index is 1.77. The van der Waals surface area contributed by atoms with Crippen LogP contribution in [0.25, 0.3) is 0 Å². The van der Waals surface area contributed by atoms with Gasteiger partial charge in [0.15, 0.2) is 17.6 Å². The van der Waals surface area contributed by atoms with E-state index >= 15 is 0 Å². The highest BCUT2D eigenvalue weighted by atomic mass is 16.5. The van der Waals surface area contributed by atoms with Crippen molar-refractivity contribution >= 4 is 5.91 Å². The fourth-order valence-corrected chi connectivity index (χ4v) is 2.59. The average molecular weight is 334 g/mol. The highest BCUT2D eigenvalue weighted by Crippen LogP contribution is 2.27. The van der Waals surface area contributed by atoms with E-state index in [1.54, 1.807) is 17.9 Å². The Morgan fingerprint density at radius 1 is 1.25 bits per heavy atom. The summed E-state index contributed by atoms with van der Waals surface area (Å²) in [4.78, 5) is 18.6. The van der Waals surface area contributed by atoms with Crippen molar-refractivity contribution in [1.82, 2.24) is 20.2 Å². The second-order valence-corrected chi connectivity index (χ2v) is 7.15. The van der Waals surface area contributed by atoms with Crippen LogP contribution in [0, 0.1) is 6.92 Å². The van der Waals surface area contributed by atoms with Gasteiger partial charge < -0.3 is 18.7 Å². The smallest absolute Gasteiger partial charge is 0.276 e. The summed E-state index contributed by atoms with van der Waals surface area (Å²) in [7, 11) is 0. The molecule has 3 rings (SSSR count). The number of ether oxygens (including phenoxy) is 1. The largest absolute Gasteiger partial charge is 0.362 e. The molecule has 1 aliphatic heterocycles. The quantitative estimate of drug-likeness (QED) is 0.831. The van der Waals surface area contributed by atoms with E-state index in [1.807, 2.05) is 27.7 Å². The van der Waals surface area contributed by atoms with E-state index < -0.39 is 6.10 Å². The zero-order valence-corrected chi connectivity index (χ0v) is 14.6. The van der Waals surface area contributed by atoms with Crippen molar-refractivity contribution in [2.24, 2.45) is 0 Å². The molecule has 1 fully saturated rings. The monoisotopic (exact) mass is 334 g/mol. The van der Waals surface area contributed by atoms with Gasteiger partial charge in [-0.25, -0.2) is 0 Å². The first-order valence-corrected chi connectivity index (χ1v) is 7.96. The maximum Gasteiger partial charge on any atom is 0.276 e. The van der Waals surface area contributed by atoms with Gasteiger partial charge in [0.05, 0.1) is 12.6 Å². The number of carbonyl (C=O) groups excluding carboxylic acids is 1. The van der Waals surface area contributed by atoms with Crippen molar-refractivity contribution < 1.29 is 18.6 Å². The number of nitrogens with zero attached hydrogens (tertiary/aromatic N) is 4. The average Bonchev–Trinajstić information content (AvgIpc) is 3.14. The van der Waals surface area contributed by atoms with Crippen molar-refractivity contribution in [1.29, 1.82) is 0 Å². The zero-order chi connectivity index (χ0) is 17.5. The molecule has 2 aromatic heterocycles. The van der Waals surface area contributed by atoms with Gasteiger partial charge in [-0.05, 0) is 13.8 Å². The second-order valence-electron chi connectivity index (χ2n) is 7.15. The first-order chi connectivity index (χ1) is 11.2. The van der Waals surface area contributed by atoms with Crippen molar-refractivity contribution in [2.45, 2.75) is 52.2 Å². The lowest BCUT2D eigenvalue weighted by molar-refractivity contribution is -0.0811. The lowest BCUT2D eigenvalue weighted by Crippen LogP contribution is -2.46. The predicted molar refractivity (Wildman–Crippen MR) is 83.4 cm³/mol. The number of morpholine rings is 1. The molecule has 0 bridgehead atoms. The molecule has 1 amide bonds. The molecule has 130 valence electrons. The van der Waals surface area contributed by atoms with E-state index in [4.69, 9.17) is 13.8 Å². The Morgan fingerprint density at radius 3 is 2.58 bits per heavy atom. The van der Waals surface area contributed by atoms with Gasteiger partial charge in [0.25, 0.3) is 11.8 Å². The van der Waals surface area contributed by atoms with Gasteiger partial charge in [0, 0.05) is 18.0 Å². The molecule has 8 nitrogen and oxygen atoms in total. The summed E-state index contributed by atoms with van der Waals surface area (Å²) in [6, 6.07) is 1.70. The number of aromatic nitrogens is 3. The first-order valence-electron chi connectivity index (χ1n) is 7.96. The number of hydrogen-bond donors (Lipinski definition) is 0. The minimum absolute atomic E-state index is 0.145. The molecule has 2 atom stereocenters. The van der Waals surface area contributed by atoms with E-state index in [1.165, 1.54) is 0 Å². The van der Waals surface area contributed by atoms with Crippen molar-refractivity contribution in [3.05, 3.63) is 29.2 Å². The third kappa shape index (κ3) is 3.33. The number of rotatable bonds is 2. The SMILES string of the molecule is Cc1noc([C@H]2CN(C(=O)c3cc(C(C)(C)C)on3)C[C@@H](C)O2)n1. The number of carbonyl (C=O) groups is 1. The van der Waals surface area contributed by atoms with Crippen LogP contribution in [0.3, 0.4) is 0 Å². The van der Waals surface area contributed by atoms with Crippen LogP contribution >= 0.6 is 0 Å². The van der Waals surface area contributed by atoms with Gasteiger partial charge >= 0.3 is 0 Å². The Hall–Kier alpha value is -2.22. The molecule has 1 aliphatic rings. The minimum Gasteiger partial charge on any atom is -0.362 e. The highest BCUT2D eigenvalue weighted by Gasteiger charge is 2.34. The standard InChI is InChI=1S/C16H22N4O4/c1-9-7-20(8-12(22-9)14-17-10(2)18-24-14)15(21)11-6-13(23-19-11)16(3,4)5/h6,9,12H,7-8H2,1-5H3/t9-,12-/m1/s1. The van der Waals surface area contributed by atoms with Gasteiger partial charge in [0.2, 0.25) is 0 Å². The van der Waals surface area contributed by atoms with Crippen LogP contribution < -0.4 is 0 Å². The molecule has 0 N–H and O–H groups in total. The Morgan fingerprint density at radius 2 is 2.00 bits per heavy atom. The third-order valence-corrected chi connectivity index (χ3v) is 3.83. The Kier molecular flexibility index (Phi) is 4.16. The van der Waals surface area contributed by atoms with E-state index in [0.717, 1.165) is 0 Å². The minimum atomic E-state index is -0.437. The van der Waals surface area contributed by atoms with Crippen LogP contribution in [0.2, 0.25) is 0 Å². The predicted octanol–water partition coefficient (Wildman–Crippen LogP) is 2.27. The lowest BCUT2D eigenvalue weighted by atomic mass is 9.93. The topological polar surface area (TPSA) is 94.5 Å². The molecule has 8 heteroatoms. The summed E-state index contributed by atoms with van der Waals surface area (Å²) in [5.74, 6) is 1.41. The molecule has 0 aliphatic carbocycles. The van der Waals surface area contributed by atoms with Gasteiger partial charge in [-0.1, -0.05) is 31.1 Å². The van der Waals surface area contributed by atoms with Crippen molar-refractivity contribution in [3.63, 3.8) is 0 Å². The molecule has 1 saturated heterocycles. The molecule has 0 saturated carbocycles. The third-order valence-electron chi connectivity index (χ3n) is 3.83. The fraction of sp³-hybridized carbons (Fsp3) is 0.625. The van der Waals surface area contributed by atoms with E-state index in [2.05, 4.69) is 15.3 Å². The van der Waals surface area contributed by atoms with Crippen LogP contribution in [0.15, 0.2) is 15.1 Å². The Labute approximate surface area is 140 Å². The van der Waals surface area contributed by atoms with E-state index in [9.17, 15) is 4.79 Å². The molecule has 0 unspecified atom stereocenters. The summed E-state index contributed by atoms with van der Waals surface area (Å²) in [5.41, 5.74) is 0.0997. The highest BCUT2D eigenvalue weighted by molar-refractivity contribution is 5.92. The molecular weight excluding hydrogens is 312 g/mol. The normalized spacial score (nSPS) is 22.0. The van der Waals surface area contributed by atoms with Crippen LogP contribution in [-0.2, 0) is 10.2 Å². The van der Waals surface area contributed by atoms with Gasteiger partial charge in [-0.2, -0.15) is 4.98 Å². The van der Waals surface area contributed by atoms with Crippen molar-refractivity contribution in [2.75, 3.05) is 13.1 Å². The molecule has 3 heterocycles. The molecular formula is C16H22N4O4. The van der Waals surface area contributed by atoms with Crippen LogP contribution in [-0.4, -0.2) is 45.3 Å². The zero-order valence-electron chi connectivity index (χ0n) is 14.6. The summed E-state index contributed by atoms with van der Waals surface area (Å²) < 4.78 is 16.3. The number of hydrogen-bond acceptors (Lipinski definition) is 7. The van der Waals surface area contributed by atoms with E-state index in [-0.39, 0.29) is 17.4 Å². The van der Waals surface area contributed by atoms with Crippen LogP contribution in [0.1, 0.15) is 61.8 Å². The Bertz CT molecular complexity index is 731. The molecule has 2 aromatic rings. The summed E-state index contributed by atoms with van der Waals surface area (Å²) in [5, 5.41) is 7.70. The van der Waals surface area contributed by atoms with Crippen molar-refractivity contribution in [3.8, 4) is 0 Å². The maximum atomic E-state index is 12.7. The van der Waals surface area contributed by atoms with Crippen LogP contribution in [0.5, 0.6) is 0 Å². The van der Waals surface area contributed by atoms with Gasteiger partial charge in [0.1, 0.15) is 5.76 Å². The van der Waals surface area contributed by atoms with E-state index in [0.29, 0.717) is 36.3 Å². The molecule has 0 radical (unpaired) electrons. The fourth-order valence-electron chi connectivity index (χ4n) is 2.59. The summed E-state index contributed by atoms with van der Waals surface area (Å²) in [6.45, 7) is 10.5. The maximum absolute atomic E-state index is 12.7. The second kappa shape index (κ2) is 6.01.